The number of carbonyl (C=O) groups is 4. The van der Waals surface area contributed by atoms with Crippen molar-refractivity contribution in [3.05, 3.63) is 158 Å². The highest BCUT2D eigenvalue weighted by atomic mass is 35.5. The number of carbonyl (C=O) groups excluding carboxylic acids is 4. The average Bonchev–Trinajstić information content (AvgIpc) is 1.64. The summed E-state index contributed by atoms with van der Waals surface area (Å²) in [6.07, 6.45) is 23.4. The third-order valence-corrected chi connectivity index (χ3v) is 22.3. The molecule has 2 N–H and O–H groups in total. The van der Waals surface area contributed by atoms with Crippen molar-refractivity contribution in [1.82, 2.24) is 53.8 Å². The number of aryl methyl sites for hydroxylation is 5. The van der Waals surface area contributed by atoms with Crippen molar-refractivity contribution in [2.24, 2.45) is 11.3 Å². The summed E-state index contributed by atoms with van der Waals surface area (Å²) in [5, 5.41) is 7.19. The van der Waals surface area contributed by atoms with Crippen molar-refractivity contribution in [3.63, 3.8) is 0 Å². The molecule has 3 amide bonds. The number of nitrogens with one attached hydrogen (secondary N) is 2. The molecule has 105 heavy (non-hydrogen) atoms. The molecule has 1 saturated heterocycles. The molecule has 5 atom stereocenters. The molecule has 0 bridgehead atoms. The van der Waals surface area contributed by atoms with Crippen molar-refractivity contribution < 1.29 is 38.1 Å². The first-order valence-electron chi connectivity index (χ1n) is 37.2. The first kappa shape index (κ1) is 73.7. The highest BCUT2D eigenvalue weighted by Gasteiger charge is 2.50. The zero-order valence-corrected chi connectivity index (χ0v) is 62.6. The molecule has 4 aromatic carbocycles. The Bertz CT molecular complexity index is 4790. The lowest BCUT2D eigenvalue weighted by Crippen LogP contribution is -2.60. The van der Waals surface area contributed by atoms with Gasteiger partial charge < -0.3 is 47.8 Å². The zero-order chi connectivity index (χ0) is 73.8. The summed E-state index contributed by atoms with van der Waals surface area (Å²) in [5.41, 5.74) is 14.5. The van der Waals surface area contributed by atoms with E-state index in [1.807, 2.05) is 44.2 Å². The molecule has 23 nitrogen and oxygen atoms in total. The number of halogens is 1. The number of pyridine rings is 1. The number of rotatable bonds is 17. The van der Waals surface area contributed by atoms with Crippen LogP contribution in [0.2, 0.25) is 5.15 Å². The highest BCUT2D eigenvalue weighted by Crippen LogP contribution is 2.53. The van der Waals surface area contributed by atoms with Crippen molar-refractivity contribution in [1.29, 1.82) is 0 Å². The smallest absolute Gasteiger partial charge is 0.414 e. The molecule has 3 fully saturated rings. The maximum Gasteiger partial charge on any atom is 0.414 e. The molecule has 1 spiro atoms. The quantitative estimate of drug-likeness (QED) is 0.0489. The third kappa shape index (κ3) is 15.3. The van der Waals surface area contributed by atoms with Gasteiger partial charge >= 0.3 is 18.3 Å². The Balaban J connectivity index is 0.000000140. The van der Waals surface area contributed by atoms with Crippen LogP contribution >= 0.6 is 11.6 Å². The van der Waals surface area contributed by atoms with Gasteiger partial charge in [0.1, 0.15) is 34.2 Å². The minimum Gasteiger partial charge on any atom is -0.491 e. The van der Waals surface area contributed by atoms with Gasteiger partial charge in [-0.15, -0.1) is 12.3 Å². The van der Waals surface area contributed by atoms with Crippen LogP contribution in [0.15, 0.2) is 102 Å². The van der Waals surface area contributed by atoms with Crippen LogP contribution in [0.1, 0.15) is 163 Å². The summed E-state index contributed by atoms with van der Waals surface area (Å²) >= 11 is 5.95. The average molecular weight is 1450 g/mol. The van der Waals surface area contributed by atoms with Crippen LogP contribution in [0.3, 0.4) is 0 Å². The van der Waals surface area contributed by atoms with Gasteiger partial charge in [-0.05, 0) is 178 Å². The van der Waals surface area contributed by atoms with Crippen LogP contribution in [0, 0.1) is 23.7 Å². The highest BCUT2D eigenvalue weighted by molar-refractivity contribution is 6.29. The number of anilines is 3. The van der Waals surface area contributed by atoms with E-state index in [9.17, 15) is 24.0 Å². The van der Waals surface area contributed by atoms with E-state index >= 15 is 0 Å². The number of hydrogen-bond donors (Lipinski definition) is 2. The Morgan fingerprint density at radius 3 is 1.77 bits per heavy atom. The maximum absolute atomic E-state index is 12.6. The first-order chi connectivity index (χ1) is 50.8. The second-order valence-electron chi connectivity index (χ2n) is 29.4. The summed E-state index contributed by atoms with van der Waals surface area (Å²) in [4.78, 5) is 91.5. The molecular weight excluding hydrogens is 1350 g/mol. The summed E-state index contributed by atoms with van der Waals surface area (Å²) in [6.45, 7) is 17.0. The number of benzene rings is 4. The number of amides is 3. The van der Waals surface area contributed by atoms with E-state index < -0.39 is 0 Å². The third-order valence-electron chi connectivity index (χ3n) is 22.1. The van der Waals surface area contributed by atoms with Crippen molar-refractivity contribution in [3.8, 4) is 18.1 Å². The number of methoxy groups -OCH3 is 3. The molecule has 0 radical (unpaired) electrons. The van der Waals surface area contributed by atoms with Crippen LogP contribution < -0.4 is 35.6 Å². The normalized spacial score (nSPS) is 19.4. The molecule has 9 aromatic rings. The van der Waals surface area contributed by atoms with E-state index in [2.05, 4.69) is 97.4 Å². The second kappa shape index (κ2) is 32.0. The lowest BCUT2D eigenvalue weighted by atomic mass is 9.61. The lowest BCUT2D eigenvalue weighted by Gasteiger charge is -2.55. The fourth-order valence-electron chi connectivity index (χ4n) is 16.8. The Morgan fingerprint density at radius 1 is 0.667 bits per heavy atom. The Labute approximate surface area is 618 Å². The topological polar surface area (TPSA) is 240 Å². The van der Waals surface area contributed by atoms with Crippen molar-refractivity contribution >= 4 is 85.8 Å². The first-order valence-corrected chi connectivity index (χ1v) is 37.6. The molecule has 0 unspecified atom stereocenters. The maximum atomic E-state index is 12.6. The van der Waals surface area contributed by atoms with E-state index in [0.29, 0.717) is 42.4 Å². The number of ether oxygens (including phenoxy) is 4. The molecule has 2 aliphatic carbocycles. The van der Waals surface area contributed by atoms with E-state index in [4.69, 9.17) is 51.9 Å². The molecule has 4 aliphatic heterocycles. The van der Waals surface area contributed by atoms with Crippen LogP contribution in [0.4, 0.5) is 31.4 Å². The number of ketones is 1. The molecule has 24 heteroatoms. The number of terminal acetylenes is 1. The number of nitrogens with zero attached hydrogens (tertiary/aromatic N) is 12. The van der Waals surface area contributed by atoms with Crippen LogP contribution in [0.25, 0.3) is 33.1 Å². The second-order valence-corrected chi connectivity index (χ2v) is 29.8. The monoisotopic (exact) mass is 1440 g/mol. The molecule has 15 rings (SSSR count). The Hall–Kier alpha value is -9.63. The van der Waals surface area contributed by atoms with Crippen LogP contribution in [0.5, 0.6) is 5.75 Å². The molecule has 5 aromatic heterocycles. The van der Waals surface area contributed by atoms with E-state index in [1.165, 1.54) is 45.3 Å². The molecule has 2 saturated carbocycles. The van der Waals surface area contributed by atoms with Gasteiger partial charge in [-0.2, -0.15) is 0 Å². The van der Waals surface area contributed by atoms with E-state index in [-0.39, 0.29) is 65.8 Å². The van der Waals surface area contributed by atoms with Crippen LogP contribution in [-0.2, 0) is 70.6 Å². The van der Waals surface area contributed by atoms with Gasteiger partial charge in [0.2, 0.25) is 0 Å². The minimum absolute atomic E-state index is 0.0267. The minimum atomic E-state index is -0.356. The summed E-state index contributed by atoms with van der Waals surface area (Å²) in [5.74, 6) is 6.77. The Kier molecular flexibility index (Phi) is 22.4. The van der Waals surface area contributed by atoms with Gasteiger partial charge in [-0.3, -0.25) is 29.3 Å². The van der Waals surface area contributed by atoms with Crippen LogP contribution in [-0.4, -0.2) is 139 Å². The summed E-state index contributed by atoms with van der Waals surface area (Å²) < 4.78 is 29.9. The number of Topliss-reactive ketones (excluding diaryl/α,β-unsaturated/α-hetero) is 1. The molecule has 552 valence electrons. The van der Waals surface area contributed by atoms with Gasteiger partial charge in [-0.25, -0.2) is 34.3 Å². The SMILES string of the molecule is C#CCCNCCn1c(CCn2ccccc2=O)nc2c3c(ccc21)N(C(=O)OC)[C@@H](C)CC3.COC(=O)N1c2ccc3c(nc(Cc4cccc(OC(C)C)c4)n3C3CC4(CNC4)C3)c2CC[C@@H]1C.COC(=O)N1c2ccc3c(nc(Cc4cnc(Cl)cn4)n3[C@@H]3CCC[C@@H](C(C)=O)C3)c2CC[C@@H]1C. The number of imidazole rings is 3. The number of fused-ring (bicyclic) bond motifs is 9. The van der Waals surface area contributed by atoms with Gasteiger partial charge in [0, 0.05) is 130 Å². The predicted octanol–water partition coefficient (Wildman–Crippen LogP) is 13.5. The standard InChI is InChI=1S/C29H36N4O3.C26H30ClN5O3.C26H31N5O3/c1-18(2)36-22-7-5-6-20(12-22)13-26-31-27-23-9-8-19(3)32(28(34)35-4)24(23)10-11-25(27)33(26)21-14-29(15-21)16-30-17-29;1-15-7-8-20-21(31(15)26(34)35-3)9-10-22-25(20)30-24(12-18-13-29-23(27)14-28-18)32(22)19-6-4-5-17(11-19)16(2)33;1-4-5-14-27-15-18-30-22-12-11-21-20(10-9-19(2)31(21)26(33)34-3)25(22)28-23(30)13-17-29-16-7-6-8-24(29)32/h5-7,10-12,18-19,21,30H,8-9,13-17H2,1-4H3;9-10,13-15,17,19H,4-8,11-12H2,1-3H3;1,6-8,11-12,16,19,27H,5,9-10,13-15,17-18H2,2-3H3/t19-;15-,17+,19+;19-/m000/s1. The van der Waals surface area contributed by atoms with Gasteiger partial charge in [0.25, 0.3) is 5.56 Å². The largest absolute Gasteiger partial charge is 0.491 e. The summed E-state index contributed by atoms with van der Waals surface area (Å²) in [7, 11) is 4.28. The number of hydrogen-bond acceptors (Lipinski definition) is 16. The lowest BCUT2D eigenvalue weighted by molar-refractivity contribution is -0.122. The molecule has 6 aliphatic rings. The number of aromatic nitrogens is 9. The fourth-order valence-corrected chi connectivity index (χ4v) is 16.9. The van der Waals surface area contributed by atoms with Crippen molar-refractivity contribution in [2.45, 2.75) is 194 Å². The predicted molar refractivity (Wildman–Crippen MR) is 408 cm³/mol. The molecular formula is C81H97ClN14O9. The zero-order valence-electron chi connectivity index (χ0n) is 61.8. The van der Waals surface area contributed by atoms with Gasteiger partial charge in [-0.1, -0.05) is 36.2 Å². The van der Waals surface area contributed by atoms with E-state index in [0.717, 1.165) is 194 Å². The van der Waals surface area contributed by atoms with Crippen molar-refractivity contribution in [2.75, 3.05) is 62.2 Å². The fraction of sp³-hybridized carbons (Fsp3) is 0.481. The van der Waals surface area contributed by atoms with E-state index in [1.54, 1.807) is 56.9 Å². The summed E-state index contributed by atoms with van der Waals surface area (Å²) in [6, 6.07) is 26.8. The van der Waals surface area contributed by atoms with Gasteiger partial charge in [0.15, 0.2) is 0 Å². The Morgan fingerprint density at radius 2 is 1.24 bits per heavy atom. The van der Waals surface area contributed by atoms with Gasteiger partial charge in [0.05, 0.1) is 95.7 Å². The molecule has 9 heterocycles.